The zero-order chi connectivity index (χ0) is 20.5. The molecule has 150 valence electrons. The molecule has 0 saturated heterocycles. The van der Waals surface area contributed by atoms with E-state index < -0.39 is 37.2 Å². The van der Waals surface area contributed by atoms with Gasteiger partial charge in [-0.3, -0.25) is 4.40 Å². The van der Waals surface area contributed by atoms with Crippen LogP contribution in [-0.4, -0.2) is 38.5 Å². The lowest BCUT2D eigenvalue weighted by molar-refractivity contribution is -0.190. The monoisotopic (exact) mass is 406 g/mol. The fourth-order valence-electron chi connectivity index (χ4n) is 2.25. The van der Waals surface area contributed by atoms with Crippen molar-refractivity contribution in [3.8, 4) is 17.0 Å². The molecule has 3 aromatic rings. The van der Waals surface area contributed by atoms with E-state index in [0.29, 0.717) is 11.2 Å². The first kappa shape index (κ1) is 19.9. The molecule has 0 aliphatic carbocycles. The fourth-order valence-corrected chi connectivity index (χ4v) is 2.25. The Labute approximate surface area is 153 Å². The number of alkyl halides is 5. The number of pyridine rings is 2. The van der Waals surface area contributed by atoms with Crippen molar-refractivity contribution in [2.24, 2.45) is 0 Å². The van der Waals surface area contributed by atoms with Gasteiger partial charge in [0, 0.05) is 23.5 Å². The van der Waals surface area contributed by atoms with Gasteiger partial charge in [0.15, 0.2) is 23.4 Å². The summed E-state index contributed by atoms with van der Waals surface area (Å²) < 4.78 is 86.2. The number of hydrogen-bond donors (Lipinski definition) is 0. The van der Waals surface area contributed by atoms with Crippen LogP contribution in [0.1, 0.15) is 12.7 Å². The average Bonchev–Trinajstić information content (AvgIpc) is 3.03. The van der Waals surface area contributed by atoms with Gasteiger partial charge in [0.05, 0.1) is 0 Å². The van der Waals surface area contributed by atoms with Crippen LogP contribution in [0.5, 0.6) is 5.88 Å². The van der Waals surface area contributed by atoms with Crippen molar-refractivity contribution < 1.29 is 35.8 Å². The van der Waals surface area contributed by atoms with E-state index in [1.54, 1.807) is 0 Å². The summed E-state index contributed by atoms with van der Waals surface area (Å²) in [7, 11) is 0. The molecule has 0 saturated carbocycles. The molecule has 0 aliphatic rings. The summed E-state index contributed by atoms with van der Waals surface area (Å²) in [6, 6.07) is 3.99. The number of nitrogens with zero attached hydrogens (tertiary/aromatic N) is 4. The van der Waals surface area contributed by atoms with Crippen LogP contribution < -0.4 is 4.74 Å². The molecule has 6 nitrogen and oxygen atoms in total. The van der Waals surface area contributed by atoms with E-state index in [-0.39, 0.29) is 11.4 Å². The highest BCUT2D eigenvalue weighted by Gasteiger charge is 2.38. The quantitative estimate of drug-likeness (QED) is 0.579. The Bertz CT molecular complexity index is 975. The third-order valence-electron chi connectivity index (χ3n) is 3.70. The molecule has 0 bridgehead atoms. The zero-order valence-electron chi connectivity index (χ0n) is 14.1. The molecular weight excluding hydrogens is 394 g/mol. The molecule has 0 amide bonds. The molecule has 0 radical (unpaired) electrons. The maximum Gasteiger partial charge on any atom is 0.425 e. The summed E-state index contributed by atoms with van der Waals surface area (Å²) in [6.07, 6.45) is -4.33. The molecule has 0 fully saturated rings. The second kappa shape index (κ2) is 7.62. The molecule has 3 rings (SSSR count). The minimum absolute atomic E-state index is 0.0875. The van der Waals surface area contributed by atoms with Crippen molar-refractivity contribution in [2.45, 2.75) is 32.4 Å². The number of aromatic nitrogens is 4. The Hall–Kier alpha value is -2.89. The normalized spacial score (nSPS) is 13.3. The minimum atomic E-state index is -4.66. The van der Waals surface area contributed by atoms with Gasteiger partial charge in [-0.05, 0) is 25.1 Å². The van der Waals surface area contributed by atoms with Crippen molar-refractivity contribution >= 4 is 5.65 Å². The molecule has 0 N–H and O–H groups in total. The van der Waals surface area contributed by atoms with Gasteiger partial charge in [-0.2, -0.15) is 22.0 Å². The number of fused-ring (bicyclic) bond motifs is 1. The third-order valence-corrected chi connectivity index (χ3v) is 3.70. The van der Waals surface area contributed by atoms with E-state index in [1.807, 2.05) is 0 Å². The van der Waals surface area contributed by atoms with Gasteiger partial charge >= 0.3 is 12.8 Å². The first-order valence-electron chi connectivity index (χ1n) is 7.78. The van der Waals surface area contributed by atoms with E-state index in [0.717, 1.165) is 19.2 Å². The van der Waals surface area contributed by atoms with E-state index in [9.17, 15) is 26.3 Å². The first-order chi connectivity index (χ1) is 13.1. The molecule has 12 heteroatoms. The van der Waals surface area contributed by atoms with Gasteiger partial charge in [0.25, 0.3) is 5.88 Å². The van der Waals surface area contributed by atoms with Gasteiger partial charge < -0.3 is 9.47 Å². The summed E-state index contributed by atoms with van der Waals surface area (Å²) in [4.78, 5) is 3.60. The highest BCUT2D eigenvalue weighted by molar-refractivity contribution is 5.64. The standard InChI is InChI=1S/C16H12F6N4O2/c1-8(16(20,21)22)28-14-11(17)4-10(5-23-14)9-2-3-12-24-25-13(26(12)6-9)7-27-15(18)19/h2-6,8,15H,7H2,1H3/t8-/m1/s1. The highest BCUT2D eigenvalue weighted by Crippen LogP contribution is 2.28. The second-order valence-electron chi connectivity index (χ2n) is 5.65. The Kier molecular flexibility index (Phi) is 5.40. The average molecular weight is 406 g/mol. The topological polar surface area (TPSA) is 61.5 Å². The van der Waals surface area contributed by atoms with Crippen LogP contribution in [0.15, 0.2) is 30.6 Å². The summed E-state index contributed by atoms with van der Waals surface area (Å²) in [6.45, 7) is -2.75. The molecule has 0 aromatic carbocycles. The predicted molar refractivity (Wildman–Crippen MR) is 83.1 cm³/mol. The van der Waals surface area contributed by atoms with Crippen molar-refractivity contribution in [1.29, 1.82) is 0 Å². The van der Waals surface area contributed by atoms with Crippen molar-refractivity contribution in [2.75, 3.05) is 0 Å². The third kappa shape index (κ3) is 4.32. The molecule has 1 atom stereocenters. The largest absolute Gasteiger partial charge is 0.463 e. The molecule has 3 aromatic heterocycles. The number of halogens is 6. The summed E-state index contributed by atoms with van der Waals surface area (Å²) in [5.41, 5.74) is 0.956. The summed E-state index contributed by atoms with van der Waals surface area (Å²) in [5.74, 6) is -1.78. The van der Waals surface area contributed by atoms with Crippen molar-refractivity contribution in [1.82, 2.24) is 19.6 Å². The molecule has 0 spiro atoms. The van der Waals surface area contributed by atoms with E-state index in [2.05, 4.69) is 24.7 Å². The van der Waals surface area contributed by atoms with Crippen LogP contribution in [-0.2, 0) is 11.3 Å². The lowest BCUT2D eigenvalue weighted by Crippen LogP contribution is -2.31. The van der Waals surface area contributed by atoms with Crippen LogP contribution >= 0.6 is 0 Å². The van der Waals surface area contributed by atoms with Crippen LogP contribution in [0.3, 0.4) is 0 Å². The number of rotatable bonds is 6. The smallest absolute Gasteiger partial charge is 0.425 e. The van der Waals surface area contributed by atoms with Gasteiger partial charge in [-0.15, -0.1) is 10.2 Å². The van der Waals surface area contributed by atoms with Crippen LogP contribution in [0.25, 0.3) is 16.8 Å². The predicted octanol–water partition coefficient (Wildman–Crippen LogP) is 4.00. The van der Waals surface area contributed by atoms with Crippen LogP contribution in [0.2, 0.25) is 0 Å². The maximum atomic E-state index is 14.1. The zero-order valence-corrected chi connectivity index (χ0v) is 14.1. The Morgan fingerprint density at radius 3 is 2.54 bits per heavy atom. The Morgan fingerprint density at radius 1 is 1.14 bits per heavy atom. The van der Waals surface area contributed by atoms with Gasteiger partial charge in [0.1, 0.15) is 6.61 Å². The lowest BCUT2D eigenvalue weighted by atomic mass is 10.1. The maximum absolute atomic E-state index is 14.1. The number of ether oxygens (including phenoxy) is 2. The lowest BCUT2D eigenvalue weighted by Gasteiger charge is -2.17. The molecular formula is C16H12F6N4O2. The highest BCUT2D eigenvalue weighted by atomic mass is 19.4. The molecule has 0 aliphatic heterocycles. The fraction of sp³-hybridized carbons (Fsp3) is 0.312. The second-order valence-corrected chi connectivity index (χ2v) is 5.65. The van der Waals surface area contributed by atoms with E-state index >= 15 is 0 Å². The van der Waals surface area contributed by atoms with Crippen LogP contribution in [0.4, 0.5) is 26.3 Å². The number of hydrogen-bond acceptors (Lipinski definition) is 5. The van der Waals surface area contributed by atoms with Crippen molar-refractivity contribution in [3.05, 3.63) is 42.2 Å². The Balaban J connectivity index is 1.88. The molecule has 3 heterocycles. The van der Waals surface area contributed by atoms with Crippen LogP contribution in [0, 0.1) is 5.82 Å². The minimum Gasteiger partial charge on any atom is -0.463 e. The summed E-state index contributed by atoms with van der Waals surface area (Å²) >= 11 is 0. The van der Waals surface area contributed by atoms with Gasteiger partial charge in [-0.1, -0.05) is 0 Å². The molecule has 0 unspecified atom stereocenters. The van der Waals surface area contributed by atoms with Gasteiger partial charge in [-0.25, -0.2) is 9.37 Å². The van der Waals surface area contributed by atoms with E-state index in [4.69, 9.17) is 0 Å². The van der Waals surface area contributed by atoms with E-state index in [1.165, 1.54) is 22.7 Å². The molecule has 28 heavy (non-hydrogen) atoms. The first-order valence-corrected chi connectivity index (χ1v) is 7.78. The van der Waals surface area contributed by atoms with Crippen molar-refractivity contribution in [3.63, 3.8) is 0 Å². The van der Waals surface area contributed by atoms with Gasteiger partial charge in [0.2, 0.25) is 0 Å². The Morgan fingerprint density at radius 2 is 1.89 bits per heavy atom. The summed E-state index contributed by atoms with van der Waals surface area (Å²) in [5, 5.41) is 7.52. The SMILES string of the molecule is C[C@@H](Oc1ncc(-c2ccc3nnc(COC(F)F)n3c2)cc1F)C(F)(F)F.